The number of nitrogens with zero attached hydrogens (tertiary/aromatic N) is 4. The third-order valence-corrected chi connectivity index (χ3v) is 7.55. The molecule has 1 saturated carbocycles. The summed E-state index contributed by atoms with van der Waals surface area (Å²) in [6.45, 7) is 0. The molecule has 190 valence electrons. The molecule has 1 fully saturated rings. The van der Waals surface area contributed by atoms with Crippen molar-refractivity contribution in [2.75, 3.05) is 38.0 Å². The quantitative estimate of drug-likeness (QED) is 0.373. The molecule has 37 heavy (non-hydrogen) atoms. The van der Waals surface area contributed by atoms with E-state index in [0.29, 0.717) is 10.6 Å². The Morgan fingerprint density at radius 1 is 0.892 bits per heavy atom. The minimum Gasteiger partial charge on any atom is -0.378 e. The molecule has 0 bridgehead atoms. The first-order valence-electron chi connectivity index (χ1n) is 12.7. The molecule has 0 saturated heterocycles. The van der Waals surface area contributed by atoms with Gasteiger partial charge in [0.15, 0.2) is 0 Å². The molecule has 2 unspecified atom stereocenters. The van der Waals surface area contributed by atoms with Crippen LogP contribution < -0.4 is 9.80 Å². The number of fused-ring (bicyclic) bond motifs is 1. The van der Waals surface area contributed by atoms with Gasteiger partial charge in [0.25, 0.3) is 5.91 Å². The number of halogens is 1. The van der Waals surface area contributed by atoms with Crippen LogP contribution in [0.5, 0.6) is 0 Å². The summed E-state index contributed by atoms with van der Waals surface area (Å²) < 4.78 is 0. The van der Waals surface area contributed by atoms with Crippen molar-refractivity contribution in [2.24, 2.45) is 11.0 Å². The highest BCUT2D eigenvalue weighted by Gasteiger charge is 2.43. The molecule has 0 aromatic heterocycles. The lowest BCUT2D eigenvalue weighted by atomic mass is 9.77. The number of benzene rings is 3. The maximum Gasteiger partial charge on any atom is 0.274 e. The number of amides is 1. The van der Waals surface area contributed by atoms with Crippen molar-refractivity contribution >= 4 is 40.7 Å². The first-order chi connectivity index (χ1) is 17.8. The van der Waals surface area contributed by atoms with Gasteiger partial charge in [-0.05, 0) is 90.6 Å². The average molecular weight is 513 g/mol. The van der Waals surface area contributed by atoms with E-state index >= 15 is 0 Å². The fourth-order valence-electron chi connectivity index (χ4n) is 5.27. The van der Waals surface area contributed by atoms with Gasteiger partial charge in [-0.2, -0.15) is 5.10 Å². The van der Waals surface area contributed by atoms with Gasteiger partial charge in [0.05, 0.1) is 11.8 Å². The van der Waals surface area contributed by atoms with Crippen molar-refractivity contribution in [2.45, 2.75) is 25.3 Å². The highest BCUT2D eigenvalue weighted by atomic mass is 35.5. The minimum absolute atomic E-state index is 0.102. The van der Waals surface area contributed by atoms with Crippen LogP contribution >= 0.6 is 11.6 Å². The largest absolute Gasteiger partial charge is 0.378 e. The van der Waals surface area contributed by atoms with Gasteiger partial charge < -0.3 is 9.80 Å². The number of hydrazone groups is 1. The SMILES string of the molecule is CN(C)c1ccc(C=C2CCCC3C2=NN(C(=O)c2ccc(Cl)cc2)C3c2ccc(N(C)C)cc2)cc1. The summed E-state index contributed by atoms with van der Waals surface area (Å²) in [7, 11) is 8.16. The highest BCUT2D eigenvalue weighted by molar-refractivity contribution is 6.30. The van der Waals surface area contributed by atoms with E-state index in [-0.39, 0.29) is 17.9 Å². The molecule has 1 aliphatic heterocycles. The van der Waals surface area contributed by atoms with E-state index < -0.39 is 0 Å². The van der Waals surface area contributed by atoms with E-state index in [1.807, 2.05) is 28.2 Å². The number of allylic oxidation sites excluding steroid dienone is 1. The number of hydrogen-bond acceptors (Lipinski definition) is 4. The van der Waals surface area contributed by atoms with Crippen LogP contribution in [0.1, 0.15) is 46.8 Å². The van der Waals surface area contributed by atoms with E-state index in [1.54, 1.807) is 29.3 Å². The standard InChI is InChI=1S/C31H33ClN4O/c1-34(2)26-16-8-21(9-17-26)20-24-6-5-7-28-29(24)33-36(31(37)23-10-14-25(32)15-11-23)30(28)22-12-18-27(19-13-22)35(3)4/h8-20,28,30H,5-7H2,1-4H3. The Balaban J connectivity index is 1.54. The van der Waals surface area contributed by atoms with Crippen LogP contribution in [-0.4, -0.2) is 44.8 Å². The van der Waals surface area contributed by atoms with Crippen molar-refractivity contribution < 1.29 is 4.79 Å². The molecule has 1 aliphatic carbocycles. The fraction of sp³-hybridized carbons (Fsp3) is 0.290. The lowest BCUT2D eigenvalue weighted by Gasteiger charge is -2.30. The van der Waals surface area contributed by atoms with Crippen LogP contribution in [0.3, 0.4) is 0 Å². The van der Waals surface area contributed by atoms with Crippen LogP contribution in [-0.2, 0) is 0 Å². The van der Waals surface area contributed by atoms with Crippen molar-refractivity contribution in [3.63, 3.8) is 0 Å². The second kappa shape index (κ2) is 10.4. The van der Waals surface area contributed by atoms with Gasteiger partial charge in [0.2, 0.25) is 0 Å². The van der Waals surface area contributed by atoms with E-state index in [2.05, 4.69) is 64.4 Å². The molecular weight excluding hydrogens is 480 g/mol. The number of hydrogen-bond donors (Lipinski definition) is 0. The summed E-state index contributed by atoms with van der Waals surface area (Å²) in [5.41, 5.74) is 7.40. The number of carbonyl (C=O) groups is 1. The van der Waals surface area contributed by atoms with Crippen LogP contribution in [0.4, 0.5) is 11.4 Å². The predicted octanol–water partition coefficient (Wildman–Crippen LogP) is 6.91. The first kappa shape index (κ1) is 25.1. The zero-order valence-electron chi connectivity index (χ0n) is 21.9. The Morgan fingerprint density at radius 2 is 1.49 bits per heavy atom. The molecule has 0 N–H and O–H groups in total. The Labute approximate surface area is 224 Å². The maximum absolute atomic E-state index is 13.8. The summed E-state index contributed by atoms with van der Waals surface area (Å²) in [6.07, 6.45) is 5.27. The third-order valence-electron chi connectivity index (χ3n) is 7.30. The molecule has 1 heterocycles. The van der Waals surface area contributed by atoms with E-state index in [1.165, 1.54) is 11.3 Å². The van der Waals surface area contributed by atoms with Gasteiger partial charge in [-0.25, -0.2) is 5.01 Å². The predicted molar refractivity (Wildman–Crippen MR) is 155 cm³/mol. The Hall–Kier alpha value is -3.57. The van der Waals surface area contributed by atoms with Crippen LogP contribution in [0.15, 0.2) is 83.5 Å². The molecule has 0 spiro atoms. The normalized spacial score (nSPS) is 20.0. The van der Waals surface area contributed by atoms with Gasteiger partial charge >= 0.3 is 0 Å². The highest BCUT2D eigenvalue weighted by Crippen LogP contribution is 2.45. The molecule has 3 aromatic carbocycles. The molecule has 5 rings (SSSR count). The van der Waals surface area contributed by atoms with Crippen LogP contribution in [0.25, 0.3) is 6.08 Å². The second-order valence-electron chi connectivity index (χ2n) is 10.2. The van der Waals surface area contributed by atoms with Crippen molar-refractivity contribution in [3.05, 3.63) is 100 Å². The van der Waals surface area contributed by atoms with Crippen LogP contribution in [0, 0.1) is 5.92 Å². The van der Waals surface area contributed by atoms with Gasteiger partial charge in [0.1, 0.15) is 0 Å². The Morgan fingerprint density at radius 3 is 2.08 bits per heavy atom. The number of anilines is 2. The number of carbonyl (C=O) groups excluding carboxylic acids is 1. The molecule has 2 aliphatic rings. The summed E-state index contributed by atoms with van der Waals surface area (Å²) in [5, 5.41) is 7.35. The molecule has 5 nitrogen and oxygen atoms in total. The zero-order valence-corrected chi connectivity index (χ0v) is 22.6. The lowest BCUT2D eigenvalue weighted by molar-refractivity contribution is 0.0681. The number of rotatable bonds is 5. The van der Waals surface area contributed by atoms with Gasteiger partial charge in [-0.15, -0.1) is 0 Å². The Bertz CT molecular complexity index is 1330. The summed E-state index contributed by atoms with van der Waals surface area (Å²) in [6, 6.07) is 24.0. The van der Waals surface area contributed by atoms with E-state index in [9.17, 15) is 4.79 Å². The molecule has 1 amide bonds. The average Bonchev–Trinajstić information content (AvgIpc) is 3.30. The smallest absolute Gasteiger partial charge is 0.274 e. The maximum atomic E-state index is 13.8. The summed E-state index contributed by atoms with van der Waals surface area (Å²) >= 11 is 6.10. The van der Waals surface area contributed by atoms with Crippen molar-refractivity contribution in [1.29, 1.82) is 0 Å². The van der Waals surface area contributed by atoms with Gasteiger partial charge in [-0.3, -0.25) is 4.79 Å². The summed E-state index contributed by atoms with van der Waals surface area (Å²) in [4.78, 5) is 18.0. The van der Waals surface area contributed by atoms with Gasteiger partial charge in [-0.1, -0.05) is 35.9 Å². The van der Waals surface area contributed by atoms with E-state index in [0.717, 1.165) is 41.8 Å². The van der Waals surface area contributed by atoms with E-state index in [4.69, 9.17) is 16.7 Å². The lowest BCUT2D eigenvalue weighted by Crippen LogP contribution is -2.32. The van der Waals surface area contributed by atoms with Crippen molar-refractivity contribution in [1.82, 2.24) is 5.01 Å². The topological polar surface area (TPSA) is 39.1 Å². The second-order valence-corrected chi connectivity index (χ2v) is 10.7. The Kier molecular flexibility index (Phi) is 7.07. The molecule has 3 aromatic rings. The minimum atomic E-state index is -0.144. The summed E-state index contributed by atoms with van der Waals surface area (Å²) in [5.74, 6) is 0.0532. The third kappa shape index (κ3) is 5.14. The molecule has 2 atom stereocenters. The molecule has 6 heteroatoms. The van der Waals surface area contributed by atoms with Crippen LogP contribution in [0.2, 0.25) is 5.02 Å². The van der Waals surface area contributed by atoms with Gasteiger partial charge in [0, 0.05) is 56.1 Å². The van der Waals surface area contributed by atoms with Crippen molar-refractivity contribution in [3.8, 4) is 0 Å². The monoisotopic (exact) mass is 512 g/mol. The molecular formula is C31H33ClN4O. The zero-order chi connectivity index (χ0) is 26.1. The molecule has 0 radical (unpaired) electrons. The first-order valence-corrected chi connectivity index (χ1v) is 13.1. The fourth-order valence-corrected chi connectivity index (χ4v) is 5.39.